The van der Waals surface area contributed by atoms with E-state index in [4.69, 9.17) is 5.11 Å². The minimum atomic E-state index is -0.860. The molecule has 6 nitrogen and oxygen atoms in total. The van der Waals surface area contributed by atoms with Crippen molar-refractivity contribution >= 4 is 23.5 Å². The van der Waals surface area contributed by atoms with E-state index in [1.54, 1.807) is 53.4 Å². The summed E-state index contributed by atoms with van der Waals surface area (Å²) in [5, 5.41) is 11.9. The molecule has 0 spiro atoms. The van der Waals surface area contributed by atoms with Gasteiger partial charge in [0, 0.05) is 29.9 Å². The van der Waals surface area contributed by atoms with Gasteiger partial charge in [0.2, 0.25) is 0 Å². The van der Waals surface area contributed by atoms with Gasteiger partial charge in [-0.3, -0.25) is 14.4 Å². The first kappa shape index (κ1) is 17.7. The van der Waals surface area contributed by atoms with E-state index in [2.05, 4.69) is 5.32 Å². The molecule has 0 saturated carbocycles. The van der Waals surface area contributed by atoms with Gasteiger partial charge in [0.25, 0.3) is 11.8 Å². The lowest BCUT2D eigenvalue weighted by Crippen LogP contribution is -2.42. The number of benzene rings is 2. The molecule has 1 atom stereocenters. The molecule has 134 valence electrons. The van der Waals surface area contributed by atoms with Gasteiger partial charge >= 0.3 is 5.97 Å². The molecular weight excluding hydrogens is 332 g/mol. The maximum atomic E-state index is 12.6. The van der Waals surface area contributed by atoms with E-state index < -0.39 is 11.9 Å². The number of carboxylic acid groups (broad SMARTS) is 1. The zero-order valence-electron chi connectivity index (χ0n) is 14.2. The molecule has 6 heteroatoms. The average molecular weight is 352 g/mol. The molecular formula is C20H20N2O4. The number of likely N-dealkylation sites (tertiary alicyclic amines) is 1. The van der Waals surface area contributed by atoms with Crippen LogP contribution in [0.1, 0.15) is 33.6 Å². The highest BCUT2D eigenvalue weighted by Gasteiger charge is 2.28. The van der Waals surface area contributed by atoms with Crippen LogP contribution in [0.5, 0.6) is 0 Å². The molecule has 2 aromatic rings. The average Bonchev–Trinajstić information content (AvgIpc) is 2.68. The van der Waals surface area contributed by atoms with Crippen molar-refractivity contribution in [2.45, 2.75) is 12.8 Å². The van der Waals surface area contributed by atoms with E-state index in [0.717, 1.165) is 0 Å². The number of hydrogen-bond donors (Lipinski definition) is 2. The molecule has 1 aliphatic heterocycles. The van der Waals surface area contributed by atoms with Crippen molar-refractivity contribution in [2.24, 2.45) is 5.92 Å². The third-order valence-corrected chi connectivity index (χ3v) is 4.48. The number of aliphatic carboxylic acids is 1. The van der Waals surface area contributed by atoms with Crippen molar-refractivity contribution in [3.05, 3.63) is 65.7 Å². The fourth-order valence-corrected chi connectivity index (χ4v) is 3.03. The Kier molecular flexibility index (Phi) is 5.31. The van der Waals surface area contributed by atoms with Crippen molar-refractivity contribution in [3.63, 3.8) is 0 Å². The first-order valence-electron chi connectivity index (χ1n) is 8.53. The fourth-order valence-electron chi connectivity index (χ4n) is 3.03. The summed E-state index contributed by atoms with van der Waals surface area (Å²) >= 11 is 0. The van der Waals surface area contributed by atoms with Crippen LogP contribution < -0.4 is 5.32 Å². The zero-order valence-corrected chi connectivity index (χ0v) is 14.2. The van der Waals surface area contributed by atoms with E-state index in [0.29, 0.717) is 36.2 Å². The molecule has 2 aromatic carbocycles. The predicted molar refractivity (Wildman–Crippen MR) is 97.1 cm³/mol. The first-order valence-corrected chi connectivity index (χ1v) is 8.53. The van der Waals surface area contributed by atoms with Gasteiger partial charge < -0.3 is 15.3 Å². The van der Waals surface area contributed by atoms with Crippen molar-refractivity contribution in [3.8, 4) is 0 Å². The second-order valence-corrected chi connectivity index (χ2v) is 6.33. The van der Waals surface area contributed by atoms with E-state index in [-0.39, 0.29) is 18.4 Å². The summed E-state index contributed by atoms with van der Waals surface area (Å²) in [6.07, 6.45) is 1.29. The number of carbonyl (C=O) groups is 3. The minimum Gasteiger partial charge on any atom is -0.481 e. The van der Waals surface area contributed by atoms with Gasteiger partial charge in [-0.15, -0.1) is 0 Å². The van der Waals surface area contributed by atoms with Crippen LogP contribution in [0, 0.1) is 5.92 Å². The number of nitrogens with zero attached hydrogens (tertiary/aromatic N) is 1. The Morgan fingerprint density at radius 1 is 0.962 bits per heavy atom. The fraction of sp³-hybridized carbons (Fsp3) is 0.250. The number of nitrogens with one attached hydrogen (secondary N) is 1. The van der Waals surface area contributed by atoms with Crippen LogP contribution in [0.2, 0.25) is 0 Å². The predicted octanol–water partition coefficient (Wildman–Crippen LogP) is 2.88. The zero-order chi connectivity index (χ0) is 18.5. The Morgan fingerprint density at radius 2 is 1.65 bits per heavy atom. The second kappa shape index (κ2) is 7.82. The van der Waals surface area contributed by atoms with Crippen LogP contribution in [0.3, 0.4) is 0 Å². The van der Waals surface area contributed by atoms with E-state index in [1.165, 1.54) is 0 Å². The number of piperidine rings is 1. The third-order valence-electron chi connectivity index (χ3n) is 4.48. The Balaban J connectivity index is 1.64. The molecule has 0 unspecified atom stereocenters. The molecule has 2 amide bonds. The number of carboxylic acids is 1. The lowest BCUT2D eigenvalue weighted by atomic mass is 9.97. The summed E-state index contributed by atoms with van der Waals surface area (Å²) < 4.78 is 0. The quantitative estimate of drug-likeness (QED) is 0.886. The monoisotopic (exact) mass is 352 g/mol. The molecule has 2 N–H and O–H groups in total. The summed E-state index contributed by atoms with van der Waals surface area (Å²) in [6.45, 7) is 0.801. The van der Waals surface area contributed by atoms with Crippen LogP contribution in [-0.2, 0) is 4.79 Å². The molecule has 0 radical (unpaired) electrons. The van der Waals surface area contributed by atoms with Gasteiger partial charge in [0.15, 0.2) is 0 Å². The second-order valence-electron chi connectivity index (χ2n) is 6.33. The molecule has 1 saturated heterocycles. The SMILES string of the molecule is O=C(Nc1ccc(C(=O)N2CCC[C@@H](C(=O)O)C2)cc1)c1ccccc1. The lowest BCUT2D eigenvalue weighted by molar-refractivity contribution is -0.143. The van der Waals surface area contributed by atoms with Crippen molar-refractivity contribution in [1.29, 1.82) is 0 Å². The van der Waals surface area contributed by atoms with E-state index >= 15 is 0 Å². The van der Waals surface area contributed by atoms with Crippen LogP contribution in [0.25, 0.3) is 0 Å². The molecule has 1 heterocycles. The van der Waals surface area contributed by atoms with Gasteiger partial charge in [-0.2, -0.15) is 0 Å². The van der Waals surface area contributed by atoms with Crippen LogP contribution in [0.15, 0.2) is 54.6 Å². The summed E-state index contributed by atoms with van der Waals surface area (Å²) in [5.41, 5.74) is 1.63. The van der Waals surface area contributed by atoms with Gasteiger partial charge in [-0.1, -0.05) is 18.2 Å². The maximum Gasteiger partial charge on any atom is 0.308 e. The summed E-state index contributed by atoms with van der Waals surface area (Å²) in [4.78, 5) is 37.4. The largest absolute Gasteiger partial charge is 0.481 e. The molecule has 1 aliphatic rings. The van der Waals surface area contributed by atoms with Crippen molar-refractivity contribution in [1.82, 2.24) is 4.90 Å². The molecule has 1 fully saturated rings. The van der Waals surface area contributed by atoms with E-state index in [9.17, 15) is 14.4 Å². The van der Waals surface area contributed by atoms with Crippen molar-refractivity contribution < 1.29 is 19.5 Å². The van der Waals surface area contributed by atoms with E-state index in [1.807, 2.05) is 6.07 Å². The Labute approximate surface area is 151 Å². The van der Waals surface area contributed by atoms with Crippen LogP contribution in [0.4, 0.5) is 5.69 Å². The molecule has 26 heavy (non-hydrogen) atoms. The molecule has 0 aromatic heterocycles. The van der Waals surface area contributed by atoms with Crippen LogP contribution in [-0.4, -0.2) is 40.9 Å². The van der Waals surface area contributed by atoms with Crippen LogP contribution >= 0.6 is 0 Å². The Morgan fingerprint density at radius 3 is 2.31 bits per heavy atom. The molecule has 0 bridgehead atoms. The molecule has 3 rings (SSSR count). The standard InChI is InChI=1S/C20H20N2O4/c23-18(14-5-2-1-3-6-14)21-17-10-8-15(9-11-17)19(24)22-12-4-7-16(13-22)20(25)26/h1-3,5-6,8-11,16H,4,7,12-13H2,(H,21,23)(H,25,26)/t16-/m1/s1. The Bertz CT molecular complexity index is 802. The van der Waals surface area contributed by atoms with Crippen molar-refractivity contribution in [2.75, 3.05) is 18.4 Å². The number of hydrogen-bond acceptors (Lipinski definition) is 3. The third kappa shape index (κ3) is 4.08. The summed E-state index contributed by atoms with van der Waals surface area (Å²) in [7, 11) is 0. The normalized spacial score (nSPS) is 16.8. The number of carbonyl (C=O) groups excluding carboxylic acids is 2. The minimum absolute atomic E-state index is 0.183. The van der Waals surface area contributed by atoms with Gasteiger partial charge in [-0.05, 0) is 49.2 Å². The molecule has 0 aliphatic carbocycles. The number of rotatable bonds is 4. The summed E-state index contributed by atoms with van der Waals surface area (Å²) in [5.74, 6) is -1.76. The Hall–Kier alpha value is -3.15. The van der Waals surface area contributed by atoms with Gasteiger partial charge in [0.05, 0.1) is 5.92 Å². The number of anilines is 1. The number of amides is 2. The highest BCUT2D eigenvalue weighted by atomic mass is 16.4. The summed E-state index contributed by atoms with van der Waals surface area (Å²) in [6, 6.07) is 15.5. The topological polar surface area (TPSA) is 86.7 Å². The van der Waals surface area contributed by atoms with Gasteiger partial charge in [0.1, 0.15) is 0 Å². The first-order chi connectivity index (χ1) is 12.5. The van der Waals surface area contributed by atoms with Gasteiger partial charge in [-0.25, -0.2) is 0 Å². The smallest absolute Gasteiger partial charge is 0.308 e. The highest BCUT2D eigenvalue weighted by Crippen LogP contribution is 2.20. The maximum absolute atomic E-state index is 12.6. The highest BCUT2D eigenvalue weighted by molar-refractivity contribution is 6.04. The lowest BCUT2D eigenvalue weighted by Gasteiger charge is -2.30.